The normalized spacial score (nSPS) is 12.1. The highest BCUT2D eigenvalue weighted by Gasteiger charge is 2.21. The van der Waals surface area contributed by atoms with E-state index in [2.05, 4.69) is 5.32 Å². The molecule has 0 saturated heterocycles. The summed E-state index contributed by atoms with van der Waals surface area (Å²) in [7, 11) is -1.93. The molecule has 0 radical (unpaired) electrons. The first-order valence-electron chi connectivity index (χ1n) is 8.54. The highest BCUT2D eigenvalue weighted by atomic mass is 32.2. The summed E-state index contributed by atoms with van der Waals surface area (Å²) in [5.41, 5.74) is 1.44. The van der Waals surface area contributed by atoms with Crippen LogP contribution in [0, 0.1) is 6.92 Å². The van der Waals surface area contributed by atoms with Gasteiger partial charge in [-0.1, -0.05) is 24.3 Å². The van der Waals surface area contributed by atoms with E-state index in [0.29, 0.717) is 11.3 Å². The van der Waals surface area contributed by atoms with Crippen LogP contribution in [0.15, 0.2) is 47.4 Å². The average Bonchev–Trinajstić information content (AvgIpc) is 2.65. The van der Waals surface area contributed by atoms with Crippen molar-refractivity contribution in [2.75, 3.05) is 13.4 Å². The van der Waals surface area contributed by atoms with Crippen molar-refractivity contribution in [1.29, 1.82) is 0 Å². The maximum Gasteiger partial charge on any atom is 0.339 e. The number of ether oxygens (including phenoxy) is 2. The summed E-state index contributed by atoms with van der Waals surface area (Å²) in [6.45, 7) is 3.33. The lowest BCUT2D eigenvalue weighted by Gasteiger charge is -2.15. The van der Waals surface area contributed by atoms with E-state index >= 15 is 0 Å². The third-order valence-electron chi connectivity index (χ3n) is 4.16. The van der Waals surface area contributed by atoms with Crippen molar-refractivity contribution < 1.29 is 27.5 Å². The van der Waals surface area contributed by atoms with Gasteiger partial charge in [0, 0.05) is 18.4 Å². The number of sulfone groups is 1. The quantitative estimate of drug-likeness (QED) is 0.710. The lowest BCUT2D eigenvalue weighted by Crippen LogP contribution is -2.35. The van der Waals surface area contributed by atoms with Crippen LogP contribution in [0.25, 0.3) is 0 Å². The van der Waals surface area contributed by atoms with Gasteiger partial charge in [0.1, 0.15) is 5.75 Å². The molecule has 2 aromatic carbocycles. The molecule has 1 atom stereocenters. The van der Waals surface area contributed by atoms with Crippen molar-refractivity contribution in [2.24, 2.45) is 0 Å². The summed E-state index contributed by atoms with van der Waals surface area (Å²) in [6.07, 6.45) is 0.00394. The van der Waals surface area contributed by atoms with E-state index in [0.717, 1.165) is 11.8 Å². The number of aryl methyl sites for hydroxylation is 1. The van der Waals surface area contributed by atoms with Crippen LogP contribution in [-0.2, 0) is 25.9 Å². The minimum atomic E-state index is -3.47. The van der Waals surface area contributed by atoms with Crippen molar-refractivity contribution in [3.63, 3.8) is 0 Å². The minimum absolute atomic E-state index is 0.0123. The molecule has 0 aliphatic rings. The van der Waals surface area contributed by atoms with E-state index in [1.54, 1.807) is 13.0 Å². The number of hydrogen-bond acceptors (Lipinski definition) is 6. The summed E-state index contributed by atoms with van der Waals surface area (Å²) in [5, 5.41) is 2.69. The number of amides is 1. The van der Waals surface area contributed by atoms with Gasteiger partial charge in [-0.05, 0) is 37.6 Å². The molecule has 28 heavy (non-hydrogen) atoms. The highest BCUT2D eigenvalue weighted by molar-refractivity contribution is 7.90. The van der Waals surface area contributed by atoms with E-state index in [1.165, 1.54) is 32.2 Å². The van der Waals surface area contributed by atoms with Gasteiger partial charge >= 0.3 is 5.97 Å². The maximum atomic E-state index is 12.4. The number of carbonyl (C=O) groups is 2. The molecule has 0 aliphatic heterocycles. The molecule has 150 valence electrons. The van der Waals surface area contributed by atoms with E-state index in [4.69, 9.17) is 9.47 Å². The second kappa shape index (κ2) is 8.88. The average molecular weight is 405 g/mol. The van der Waals surface area contributed by atoms with E-state index in [9.17, 15) is 18.0 Å². The molecule has 0 aromatic heterocycles. The zero-order chi connectivity index (χ0) is 20.9. The van der Waals surface area contributed by atoms with Crippen molar-refractivity contribution in [1.82, 2.24) is 5.32 Å². The summed E-state index contributed by atoms with van der Waals surface area (Å²) in [4.78, 5) is 24.7. The number of hydrogen-bond donors (Lipinski definition) is 1. The third-order valence-corrected chi connectivity index (χ3v) is 5.27. The topological polar surface area (TPSA) is 98.8 Å². The summed E-state index contributed by atoms with van der Waals surface area (Å²) >= 11 is 0. The molecule has 0 saturated carbocycles. The number of esters is 1. The molecule has 0 bridgehead atoms. The molecule has 1 amide bonds. The Balaban J connectivity index is 2.05. The molecule has 1 N–H and O–H groups in total. The molecule has 0 unspecified atom stereocenters. The van der Waals surface area contributed by atoms with Crippen molar-refractivity contribution in [2.45, 2.75) is 31.4 Å². The van der Waals surface area contributed by atoms with Crippen LogP contribution in [0.5, 0.6) is 5.75 Å². The van der Waals surface area contributed by atoms with Gasteiger partial charge in [0.15, 0.2) is 15.9 Å². The Hall–Kier alpha value is -2.87. The predicted molar refractivity (Wildman–Crippen MR) is 104 cm³/mol. The number of nitrogens with one attached hydrogen (secondary N) is 1. The third kappa shape index (κ3) is 5.32. The predicted octanol–water partition coefficient (Wildman–Crippen LogP) is 2.27. The zero-order valence-corrected chi connectivity index (χ0v) is 17.0. The molecular weight excluding hydrogens is 382 g/mol. The van der Waals surface area contributed by atoms with Crippen LogP contribution < -0.4 is 10.1 Å². The standard InChI is InChI=1S/C20H23NO6S/c1-13-9-10-16(28(4,24)25)11-17(13)20(23)27-14(2)19(22)21-12-15-7-5-6-8-18(15)26-3/h5-11,14H,12H2,1-4H3,(H,21,22)/t14-/m0/s1. The molecule has 0 spiro atoms. The van der Waals surface area contributed by atoms with Gasteiger partial charge in [0.05, 0.1) is 17.6 Å². The first-order chi connectivity index (χ1) is 13.1. The first-order valence-corrected chi connectivity index (χ1v) is 10.4. The van der Waals surface area contributed by atoms with Crippen LogP contribution in [-0.4, -0.2) is 39.8 Å². The molecule has 0 heterocycles. The number of rotatable bonds is 7. The SMILES string of the molecule is COc1ccccc1CNC(=O)[C@H](C)OC(=O)c1cc(S(C)(=O)=O)ccc1C. The first kappa shape index (κ1) is 21.4. The van der Waals surface area contributed by atoms with E-state index in [-0.39, 0.29) is 17.0 Å². The molecule has 7 nitrogen and oxygen atoms in total. The van der Waals surface area contributed by atoms with Crippen LogP contribution in [0.1, 0.15) is 28.4 Å². The summed E-state index contributed by atoms with van der Waals surface area (Å²) in [5.74, 6) is -0.597. The zero-order valence-electron chi connectivity index (χ0n) is 16.2. The van der Waals surface area contributed by atoms with Gasteiger partial charge in [-0.15, -0.1) is 0 Å². The Morgan fingerprint density at radius 2 is 1.82 bits per heavy atom. The van der Waals surface area contributed by atoms with Gasteiger partial charge in [-0.2, -0.15) is 0 Å². The summed E-state index contributed by atoms with van der Waals surface area (Å²) in [6, 6.07) is 11.4. The number of benzene rings is 2. The van der Waals surface area contributed by atoms with Crippen LogP contribution in [0.2, 0.25) is 0 Å². The molecule has 0 fully saturated rings. The fourth-order valence-electron chi connectivity index (χ4n) is 2.50. The fourth-order valence-corrected chi connectivity index (χ4v) is 3.15. The Bertz CT molecular complexity index is 984. The van der Waals surface area contributed by atoms with Gasteiger partial charge in [-0.3, -0.25) is 4.79 Å². The molecule has 0 aliphatic carbocycles. The number of para-hydroxylation sites is 1. The smallest absolute Gasteiger partial charge is 0.339 e. The monoisotopic (exact) mass is 405 g/mol. The summed E-state index contributed by atoms with van der Waals surface area (Å²) < 4.78 is 33.8. The highest BCUT2D eigenvalue weighted by Crippen LogP contribution is 2.18. The Morgan fingerprint density at radius 3 is 2.46 bits per heavy atom. The van der Waals surface area contributed by atoms with Gasteiger partial charge in [0.2, 0.25) is 0 Å². The van der Waals surface area contributed by atoms with Crippen LogP contribution in [0.3, 0.4) is 0 Å². The lowest BCUT2D eigenvalue weighted by atomic mass is 10.1. The van der Waals surface area contributed by atoms with E-state index < -0.39 is 27.8 Å². The van der Waals surface area contributed by atoms with E-state index in [1.807, 2.05) is 18.2 Å². The van der Waals surface area contributed by atoms with Gasteiger partial charge < -0.3 is 14.8 Å². The van der Waals surface area contributed by atoms with Crippen molar-refractivity contribution >= 4 is 21.7 Å². The minimum Gasteiger partial charge on any atom is -0.496 e. The number of methoxy groups -OCH3 is 1. The van der Waals surface area contributed by atoms with Crippen molar-refractivity contribution in [3.8, 4) is 5.75 Å². The molecule has 2 aromatic rings. The lowest BCUT2D eigenvalue weighted by molar-refractivity contribution is -0.129. The maximum absolute atomic E-state index is 12.4. The Morgan fingerprint density at radius 1 is 1.14 bits per heavy atom. The Kier molecular flexibility index (Phi) is 6.80. The molecular formula is C20H23NO6S. The number of carbonyl (C=O) groups excluding carboxylic acids is 2. The molecule has 8 heteroatoms. The fraction of sp³-hybridized carbons (Fsp3) is 0.300. The second-order valence-corrected chi connectivity index (χ2v) is 8.34. The van der Waals surface area contributed by atoms with Gasteiger partial charge in [0.25, 0.3) is 5.91 Å². The second-order valence-electron chi connectivity index (χ2n) is 6.33. The van der Waals surface area contributed by atoms with Crippen LogP contribution >= 0.6 is 0 Å². The van der Waals surface area contributed by atoms with Crippen molar-refractivity contribution in [3.05, 3.63) is 59.2 Å². The molecule has 2 rings (SSSR count). The Labute approximate surface area is 164 Å². The van der Waals surface area contributed by atoms with Gasteiger partial charge in [-0.25, -0.2) is 13.2 Å². The van der Waals surface area contributed by atoms with Crippen LogP contribution in [0.4, 0.5) is 0 Å². The largest absolute Gasteiger partial charge is 0.496 e.